The number of carbonyl (C=O) groups excluding carboxylic acids is 1. The van der Waals surface area contributed by atoms with E-state index in [2.05, 4.69) is 25.8 Å². The zero-order valence-corrected chi connectivity index (χ0v) is 14.9. The fourth-order valence-corrected chi connectivity index (χ4v) is 2.08. The maximum absolute atomic E-state index is 12.0. The monoisotopic (exact) mass is 345 g/mol. The van der Waals surface area contributed by atoms with E-state index in [0.29, 0.717) is 30.2 Å². The number of nitrogens with one attached hydrogen (secondary N) is 2. The molecule has 0 aliphatic carbocycles. The molecule has 25 heavy (non-hydrogen) atoms. The number of hydrogen-bond donors (Lipinski definition) is 2. The van der Waals surface area contributed by atoms with Gasteiger partial charge in [0.25, 0.3) is 5.56 Å². The predicted molar refractivity (Wildman–Crippen MR) is 95.8 cm³/mol. The number of nitrogens with zero attached hydrogens (tertiary/aromatic N) is 5. The van der Waals surface area contributed by atoms with E-state index in [-0.39, 0.29) is 18.0 Å². The lowest BCUT2D eigenvalue weighted by Gasteiger charge is -2.13. The third-order valence-electron chi connectivity index (χ3n) is 3.74. The number of anilines is 2. The van der Waals surface area contributed by atoms with Crippen molar-refractivity contribution in [3.8, 4) is 0 Å². The van der Waals surface area contributed by atoms with E-state index in [1.807, 2.05) is 25.1 Å². The van der Waals surface area contributed by atoms with Crippen LogP contribution in [0.25, 0.3) is 0 Å². The quantitative estimate of drug-likeness (QED) is 0.678. The molecule has 0 fully saturated rings. The summed E-state index contributed by atoms with van der Waals surface area (Å²) in [6.07, 6.45) is 3.06. The van der Waals surface area contributed by atoms with Crippen molar-refractivity contribution in [1.82, 2.24) is 25.1 Å². The van der Waals surface area contributed by atoms with Gasteiger partial charge in [0.1, 0.15) is 6.54 Å². The second-order valence-corrected chi connectivity index (χ2v) is 5.86. The Kier molecular flexibility index (Phi) is 6.04. The summed E-state index contributed by atoms with van der Waals surface area (Å²) in [6, 6.07) is 1.87. The van der Waals surface area contributed by atoms with Crippen LogP contribution in [0.4, 0.5) is 11.5 Å². The molecule has 0 unspecified atom stereocenters. The molecule has 0 aliphatic heterocycles. The number of rotatable bonds is 7. The summed E-state index contributed by atoms with van der Waals surface area (Å²) in [5, 5.41) is 13.7. The van der Waals surface area contributed by atoms with Crippen molar-refractivity contribution in [3.63, 3.8) is 0 Å². The second kappa shape index (κ2) is 8.22. The van der Waals surface area contributed by atoms with Crippen molar-refractivity contribution in [2.75, 3.05) is 37.4 Å². The van der Waals surface area contributed by atoms with Crippen molar-refractivity contribution in [3.05, 3.63) is 40.2 Å². The van der Waals surface area contributed by atoms with Gasteiger partial charge in [0.05, 0.1) is 18.2 Å². The van der Waals surface area contributed by atoms with Gasteiger partial charge in [0.2, 0.25) is 5.91 Å². The topological polar surface area (TPSA) is 105 Å². The molecule has 2 rings (SSSR count). The van der Waals surface area contributed by atoms with Gasteiger partial charge in [-0.15, -0.1) is 5.10 Å². The molecular weight excluding hydrogens is 322 g/mol. The Morgan fingerprint density at radius 3 is 2.76 bits per heavy atom. The summed E-state index contributed by atoms with van der Waals surface area (Å²) in [6.45, 7) is 4.31. The minimum Gasteiger partial charge on any atom is -0.376 e. The molecule has 0 spiro atoms. The maximum atomic E-state index is 12.0. The molecular formula is C16H23N7O2. The van der Waals surface area contributed by atoms with Crippen LogP contribution in [0.3, 0.4) is 0 Å². The molecule has 2 N–H and O–H groups in total. The largest absolute Gasteiger partial charge is 0.376 e. The zero-order chi connectivity index (χ0) is 18.4. The molecule has 0 aromatic carbocycles. The lowest BCUT2D eigenvalue weighted by atomic mass is 10.3. The smallest absolute Gasteiger partial charge is 0.256 e. The van der Waals surface area contributed by atoms with Gasteiger partial charge < -0.3 is 15.5 Å². The Bertz CT molecular complexity index is 801. The number of hydrogen-bond acceptors (Lipinski definition) is 7. The van der Waals surface area contributed by atoms with E-state index in [1.54, 1.807) is 20.0 Å². The van der Waals surface area contributed by atoms with E-state index >= 15 is 0 Å². The molecule has 2 aromatic rings. The van der Waals surface area contributed by atoms with E-state index in [4.69, 9.17) is 0 Å². The third-order valence-corrected chi connectivity index (χ3v) is 3.74. The zero-order valence-electron chi connectivity index (χ0n) is 14.9. The highest BCUT2D eigenvalue weighted by Crippen LogP contribution is 2.12. The fraction of sp³-hybridized carbons (Fsp3) is 0.438. The summed E-state index contributed by atoms with van der Waals surface area (Å²) in [5.74, 6) is 0.386. The minimum atomic E-state index is -0.248. The fourth-order valence-electron chi connectivity index (χ4n) is 2.08. The average Bonchev–Trinajstić information content (AvgIpc) is 2.59. The van der Waals surface area contributed by atoms with E-state index in [9.17, 15) is 9.59 Å². The van der Waals surface area contributed by atoms with Crippen molar-refractivity contribution in [2.24, 2.45) is 0 Å². The standard InChI is InChI=1S/C16H23N7O2/c1-11-12(2)19-10-23(16(11)25)9-15(24)18-6-5-17-14-7-13(22(3)4)8-20-21-14/h7-8,10H,5-6,9H2,1-4H3,(H,17,21)(H,18,24). The van der Waals surface area contributed by atoms with Gasteiger partial charge in [-0.1, -0.05) is 0 Å². The second-order valence-electron chi connectivity index (χ2n) is 5.86. The van der Waals surface area contributed by atoms with Crippen LogP contribution in [-0.4, -0.2) is 52.8 Å². The van der Waals surface area contributed by atoms with Crippen LogP contribution >= 0.6 is 0 Å². The average molecular weight is 345 g/mol. The van der Waals surface area contributed by atoms with Crippen molar-refractivity contribution in [1.29, 1.82) is 0 Å². The van der Waals surface area contributed by atoms with Gasteiger partial charge in [0.15, 0.2) is 5.82 Å². The van der Waals surface area contributed by atoms with Crippen LogP contribution in [0.5, 0.6) is 0 Å². The highest BCUT2D eigenvalue weighted by molar-refractivity contribution is 5.75. The minimum absolute atomic E-state index is 0.0527. The Labute approximate surface area is 146 Å². The van der Waals surface area contributed by atoms with Crippen LogP contribution in [0.15, 0.2) is 23.4 Å². The molecule has 0 saturated carbocycles. The van der Waals surface area contributed by atoms with E-state index < -0.39 is 0 Å². The number of amides is 1. The summed E-state index contributed by atoms with van der Waals surface area (Å²) >= 11 is 0. The molecule has 2 heterocycles. The van der Waals surface area contributed by atoms with Crippen LogP contribution in [0, 0.1) is 13.8 Å². The Hall–Kier alpha value is -2.97. The van der Waals surface area contributed by atoms with Crippen molar-refractivity contribution in [2.45, 2.75) is 20.4 Å². The molecule has 1 amide bonds. The highest BCUT2D eigenvalue weighted by Gasteiger charge is 2.08. The third kappa shape index (κ3) is 5.00. The number of aryl methyl sites for hydroxylation is 1. The summed E-state index contributed by atoms with van der Waals surface area (Å²) in [5.41, 5.74) is 1.96. The Balaban J connectivity index is 1.80. The van der Waals surface area contributed by atoms with Gasteiger partial charge in [-0.2, -0.15) is 5.10 Å². The molecule has 0 saturated heterocycles. The first kappa shape index (κ1) is 18.4. The van der Waals surface area contributed by atoms with E-state index in [1.165, 1.54) is 10.9 Å². The lowest BCUT2D eigenvalue weighted by Crippen LogP contribution is -2.35. The molecule has 0 radical (unpaired) electrons. The van der Waals surface area contributed by atoms with Gasteiger partial charge >= 0.3 is 0 Å². The number of carbonyl (C=O) groups is 1. The van der Waals surface area contributed by atoms with Gasteiger partial charge in [-0.05, 0) is 13.8 Å². The van der Waals surface area contributed by atoms with Crippen LogP contribution in [0.1, 0.15) is 11.3 Å². The molecule has 9 nitrogen and oxygen atoms in total. The Morgan fingerprint density at radius 2 is 2.04 bits per heavy atom. The number of aromatic nitrogens is 4. The maximum Gasteiger partial charge on any atom is 0.256 e. The molecule has 0 atom stereocenters. The summed E-state index contributed by atoms with van der Waals surface area (Å²) in [7, 11) is 3.84. The van der Waals surface area contributed by atoms with Gasteiger partial charge in [-0.3, -0.25) is 14.2 Å². The molecule has 0 aliphatic rings. The lowest BCUT2D eigenvalue weighted by molar-refractivity contribution is -0.121. The normalized spacial score (nSPS) is 10.4. The van der Waals surface area contributed by atoms with Crippen molar-refractivity contribution >= 4 is 17.4 Å². The first-order chi connectivity index (χ1) is 11.9. The first-order valence-corrected chi connectivity index (χ1v) is 7.91. The summed E-state index contributed by atoms with van der Waals surface area (Å²) < 4.78 is 1.30. The predicted octanol–water partition coefficient (Wildman–Crippen LogP) is -0.0556. The SMILES string of the molecule is Cc1ncn(CC(=O)NCCNc2cc(N(C)C)cnn2)c(=O)c1C. The van der Waals surface area contributed by atoms with Gasteiger partial charge in [0, 0.05) is 44.5 Å². The van der Waals surface area contributed by atoms with Crippen LogP contribution in [0.2, 0.25) is 0 Å². The van der Waals surface area contributed by atoms with Crippen LogP contribution in [-0.2, 0) is 11.3 Å². The molecule has 2 aromatic heterocycles. The summed E-state index contributed by atoms with van der Waals surface area (Å²) in [4.78, 5) is 30.0. The molecule has 9 heteroatoms. The molecule has 134 valence electrons. The Morgan fingerprint density at radius 1 is 1.28 bits per heavy atom. The van der Waals surface area contributed by atoms with Crippen LogP contribution < -0.4 is 21.1 Å². The van der Waals surface area contributed by atoms with Gasteiger partial charge in [-0.25, -0.2) is 4.98 Å². The highest BCUT2D eigenvalue weighted by atomic mass is 16.2. The molecule has 0 bridgehead atoms. The van der Waals surface area contributed by atoms with Crippen molar-refractivity contribution < 1.29 is 4.79 Å². The van der Waals surface area contributed by atoms with E-state index in [0.717, 1.165) is 5.69 Å². The first-order valence-electron chi connectivity index (χ1n) is 7.91.